The summed E-state index contributed by atoms with van der Waals surface area (Å²) in [5.74, 6) is -1.91. The van der Waals surface area contributed by atoms with Crippen LogP contribution in [0.4, 0.5) is 24.5 Å². The van der Waals surface area contributed by atoms with E-state index in [0.717, 1.165) is 31.9 Å². The van der Waals surface area contributed by atoms with E-state index in [4.69, 9.17) is 4.74 Å². The summed E-state index contributed by atoms with van der Waals surface area (Å²) in [5, 5.41) is 0. The quantitative estimate of drug-likeness (QED) is 0.808. The van der Waals surface area contributed by atoms with Crippen molar-refractivity contribution in [2.24, 2.45) is 0 Å². The Morgan fingerprint density at radius 3 is 2.56 bits per heavy atom. The number of rotatable bonds is 5. The number of alkyl halides is 3. The molecular weight excluding hydrogens is 335 g/mol. The third-order valence-electron chi connectivity index (χ3n) is 4.21. The van der Waals surface area contributed by atoms with Crippen LogP contribution in [0.3, 0.4) is 0 Å². The lowest BCUT2D eigenvalue weighted by molar-refractivity contribution is -0.171. The molecule has 0 saturated carbocycles. The molecule has 139 valence electrons. The van der Waals surface area contributed by atoms with E-state index in [1.807, 2.05) is 7.05 Å². The SMILES string of the molecule is COCC(C)N(C(=O)C(F)(F)F)c1[c]ccc(N2CCN(C)CC2)c1. The molecular formula is C17H23F3N3O2. The van der Waals surface area contributed by atoms with Crippen LogP contribution in [-0.4, -0.2) is 70.0 Å². The molecule has 0 N–H and O–H groups in total. The van der Waals surface area contributed by atoms with Crippen LogP contribution >= 0.6 is 0 Å². The van der Waals surface area contributed by atoms with Gasteiger partial charge in [0.15, 0.2) is 0 Å². The van der Waals surface area contributed by atoms with Crippen LogP contribution in [-0.2, 0) is 9.53 Å². The minimum Gasteiger partial charge on any atom is -0.383 e. The van der Waals surface area contributed by atoms with Crippen LogP contribution in [0.5, 0.6) is 0 Å². The molecule has 1 fully saturated rings. The fourth-order valence-electron chi connectivity index (χ4n) is 2.84. The highest BCUT2D eigenvalue weighted by molar-refractivity contribution is 5.98. The molecule has 1 aliphatic rings. The fourth-order valence-corrected chi connectivity index (χ4v) is 2.84. The van der Waals surface area contributed by atoms with Crippen molar-refractivity contribution in [3.8, 4) is 0 Å². The second-order valence-electron chi connectivity index (χ2n) is 6.20. The lowest BCUT2D eigenvalue weighted by Crippen LogP contribution is -2.48. The van der Waals surface area contributed by atoms with Gasteiger partial charge in [0.1, 0.15) is 0 Å². The van der Waals surface area contributed by atoms with Gasteiger partial charge in [0, 0.05) is 45.0 Å². The Bertz CT molecular complexity index is 587. The van der Waals surface area contributed by atoms with Crippen LogP contribution in [0.2, 0.25) is 0 Å². The molecule has 0 aliphatic carbocycles. The number of benzene rings is 1. The van der Waals surface area contributed by atoms with Gasteiger partial charge in [-0.3, -0.25) is 9.69 Å². The Balaban J connectivity index is 2.31. The molecule has 5 nitrogen and oxygen atoms in total. The predicted molar refractivity (Wildman–Crippen MR) is 89.9 cm³/mol. The second kappa shape index (κ2) is 8.05. The number of hydrogen-bond donors (Lipinski definition) is 0. The number of ether oxygens (including phenoxy) is 1. The minimum atomic E-state index is -4.96. The van der Waals surface area contributed by atoms with Crippen molar-refractivity contribution >= 4 is 17.3 Å². The smallest absolute Gasteiger partial charge is 0.383 e. The number of likely N-dealkylation sites (N-methyl/N-ethyl adjacent to an activating group) is 1. The number of anilines is 2. The van der Waals surface area contributed by atoms with Crippen LogP contribution in [0, 0.1) is 6.07 Å². The van der Waals surface area contributed by atoms with Gasteiger partial charge in [0.2, 0.25) is 0 Å². The Morgan fingerprint density at radius 2 is 2.00 bits per heavy atom. The molecule has 1 atom stereocenters. The molecule has 1 amide bonds. The molecule has 1 heterocycles. The lowest BCUT2D eigenvalue weighted by atomic mass is 10.1. The number of carbonyl (C=O) groups excluding carboxylic acids is 1. The molecule has 2 rings (SSSR count). The first kappa shape index (κ1) is 19.5. The van der Waals surface area contributed by atoms with E-state index < -0.39 is 18.1 Å². The van der Waals surface area contributed by atoms with Crippen molar-refractivity contribution in [2.75, 3.05) is 56.7 Å². The molecule has 1 radical (unpaired) electrons. The number of hydrogen-bond acceptors (Lipinski definition) is 4. The van der Waals surface area contributed by atoms with Crippen molar-refractivity contribution in [1.82, 2.24) is 4.90 Å². The standard InChI is InChI=1S/C17H23F3N3O2/c1-13(12-25-3)23(16(24)17(18,19)20)15-6-4-5-14(11-15)22-9-7-21(2)8-10-22/h4-5,11,13H,7-10,12H2,1-3H3. The minimum absolute atomic E-state index is 0.00556. The molecule has 0 aromatic heterocycles. The van der Waals surface area contributed by atoms with Gasteiger partial charge >= 0.3 is 12.1 Å². The van der Waals surface area contributed by atoms with E-state index >= 15 is 0 Å². The van der Waals surface area contributed by atoms with E-state index in [9.17, 15) is 18.0 Å². The Labute approximate surface area is 145 Å². The Morgan fingerprint density at radius 1 is 1.36 bits per heavy atom. The van der Waals surface area contributed by atoms with Crippen LogP contribution in [0.1, 0.15) is 6.92 Å². The molecule has 1 aromatic rings. The van der Waals surface area contributed by atoms with E-state index in [0.29, 0.717) is 4.90 Å². The fraction of sp³-hybridized carbons (Fsp3) is 0.588. The average molecular weight is 358 g/mol. The summed E-state index contributed by atoms with van der Waals surface area (Å²) in [6.45, 7) is 4.82. The van der Waals surface area contributed by atoms with Gasteiger partial charge in [0.25, 0.3) is 0 Å². The summed E-state index contributed by atoms with van der Waals surface area (Å²) in [6.07, 6.45) is -4.96. The number of halogens is 3. The summed E-state index contributed by atoms with van der Waals surface area (Å²) in [7, 11) is 3.41. The molecule has 0 spiro atoms. The molecule has 8 heteroatoms. The van der Waals surface area contributed by atoms with Crippen LogP contribution in [0.25, 0.3) is 0 Å². The molecule has 1 aliphatic heterocycles. The highest BCUT2D eigenvalue weighted by atomic mass is 19.4. The maximum absolute atomic E-state index is 13.0. The average Bonchev–Trinajstić information content (AvgIpc) is 2.55. The molecule has 1 saturated heterocycles. The van der Waals surface area contributed by atoms with Crippen molar-refractivity contribution in [1.29, 1.82) is 0 Å². The van der Waals surface area contributed by atoms with E-state index in [1.165, 1.54) is 14.0 Å². The maximum atomic E-state index is 13.0. The molecule has 1 unspecified atom stereocenters. The van der Waals surface area contributed by atoms with E-state index in [1.54, 1.807) is 18.2 Å². The van der Waals surface area contributed by atoms with E-state index in [-0.39, 0.29) is 12.3 Å². The number of piperazine rings is 1. The zero-order valence-corrected chi connectivity index (χ0v) is 14.6. The van der Waals surface area contributed by atoms with Crippen molar-refractivity contribution in [2.45, 2.75) is 19.1 Å². The lowest BCUT2D eigenvalue weighted by Gasteiger charge is -2.35. The first-order valence-corrected chi connectivity index (χ1v) is 8.08. The first-order chi connectivity index (χ1) is 11.7. The number of methoxy groups -OCH3 is 1. The zero-order chi connectivity index (χ0) is 18.6. The summed E-state index contributed by atoms with van der Waals surface area (Å²) in [6, 6.07) is 6.93. The topological polar surface area (TPSA) is 36.0 Å². The Kier molecular flexibility index (Phi) is 6.29. The van der Waals surface area contributed by atoms with Crippen molar-refractivity contribution < 1.29 is 22.7 Å². The summed E-state index contributed by atoms with van der Waals surface area (Å²) in [4.78, 5) is 16.9. The van der Waals surface area contributed by atoms with Gasteiger partial charge in [-0.2, -0.15) is 13.2 Å². The second-order valence-corrected chi connectivity index (χ2v) is 6.20. The molecule has 0 bridgehead atoms. The summed E-state index contributed by atoms with van der Waals surface area (Å²) >= 11 is 0. The highest BCUT2D eigenvalue weighted by Gasteiger charge is 2.44. The van der Waals surface area contributed by atoms with Crippen molar-refractivity contribution in [3.63, 3.8) is 0 Å². The molecule has 25 heavy (non-hydrogen) atoms. The first-order valence-electron chi connectivity index (χ1n) is 8.08. The van der Waals surface area contributed by atoms with Crippen LogP contribution in [0.15, 0.2) is 18.2 Å². The summed E-state index contributed by atoms with van der Waals surface area (Å²) in [5.41, 5.74) is 0.884. The van der Waals surface area contributed by atoms with Gasteiger partial charge in [-0.05, 0) is 26.1 Å². The van der Waals surface area contributed by atoms with Gasteiger partial charge in [-0.15, -0.1) is 0 Å². The predicted octanol–water partition coefficient (Wildman–Crippen LogP) is 2.17. The highest BCUT2D eigenvalue weighted by Crippen LogP contribution is 2.29. The number of nitrogens with zero attached hydrogens (tertiary/aromatic N) is 3. The van der Waals surface area contributed by atoms with Gasteiger partial charge in [0.05, 0.1) is 18.3 Å². The monoisotopic (exact) mass is 358 g/mol. The molecule has 1 aromatic carbocycles. The number of carbonyl (C=O) groups is 1. The van der Waals surface area contributed by atoms with Gasteiger partial charge in [-0.1, -0.05) is 6.07 Å². The third-order valence-corrected chi connectivity index (χ3v) is 4.21. The third kappa shape index (κ3) is 4.85. The summed E-state index contributed by atoms with van der Waals surface area (Å²) < 4.78 is 44.0. The zero-order valence-electron chi connectivity index (χ0n) is 14.6. The van der Waals surface area contributed by atoms with Crippen LogP contribution < -0.4 is 9.80 Å². The largest absolute Gasteiger partial charge is 0.471 e. The van der Waals surface area contributed by atoms with E-state index in [2.05, 4.69) is 15.9 Å². The van der Waals surface area contributed by atoms with Crippen molar-refractivity contribution in [3.05, 3.63) is 24.3 Å². The van der Waals surface area contributed by atoms with Gasteiger partial charge < -0.3 is 14.5 Å². The maximum Gasteiger partial charge on any atom is 0.471 e. The number of amides is 1. The Hall–Kier alpha value is -1.80. The normalized spacial score (nSPS) is 17.4. The van der Waals surface area contributed by atoms with Gasteiger partial charge in [-0.25, -0.2) is 0 Å².